The van der Waals surface area contributed by atoms with Crippen LogP contribution in [0.4, 0.5) is 0 Å². The highest BCUT2D eigenvalue weighted by Gasteiger charge is 1.98. The molecule has 0 atom stereocenters. The van der Waals surface area contributed by atoms with E-state index in [-0.39, 0.29) is 16.6 Å². The molecule has 0 spiro atoms. The van der Waals surface area contributed by atoms with Crippen LogP contribution in [0.1, 0.15) is 5.69 Å². The lowest BCUT2D eigenvalue weighted by Gasteiger charge is -1.94. The summed E-state index contributed by atoms with van der Waals surface area (Å²) >= 11 is 5.48. The minimum atomic E-state index is -0.744. The molecular weight excluding hydrogens is 192 g/mol. The van der Waals surface area contributed by atoms with Crippen molar-refractivity contribution in [3.05, 3.63) is 23.0 Å². The molecule has 0 saturated carbocycles. The van der Waals surface area contributed by atoms with Crippen LogP contribution in [-0.2, 0) is 4.79 Å². The topological polar surface area (TPSA) is 76.2 Å². The summed E-state index contributed by atoms with van der Waals surface area (Å²) in [6, 6.07) is 2.76. The van der Waals surface area contributed by atoms with Gasteiger partial charge in [0.15, 0.2) is 10.9 Å². The smallest absolute Gasteiger partial charge is 0.293 e. The molecule has 0 fully saturated rings. The van der Waals surface area contributed by atoms with Crippen LogP contribution in [0.5, 0.6) is 5.75 Å². The van der Waals surface area contributed by atoms with Crippen LogP contribution in [0.2, 0.25) is 5.15 Å². The van der Waals surface area contributed by atoms with Gasteiger partial charge in [-0.15, -0.1) is 0 Å². The zero-order chi connectivity index (χ0) is 9.84. The lowest BCUT2D eigenvalue weighted by atomic mass is 10.3. The number of aromatic hydroxyl groups is 1. The van der Waals surface area contributed by atoms with Gasteiger partial charge in [-0.2, -0.15) is 0 Å². The van der Waals surface area contributed by atoms with E-state index >= 15 is 0 Å². The average Bonchev–Trinajstić information content (AvgIpc) is 2.07. The Labute approximate surface area is 79.3 Å². The van der Waals surface area contributed by atoms with Crippen molar-refractivity contribution in [3.63, 3.8) is 0 Å². The molecule has 3 N–H and O–H groups in total. The molecular formula is C8H5ClN2O2. The first kappa shape index (κ1) is 9.36. The number of hydrogen-bond donors (Lipinski definition) is 2. The zero-order valence-corrected chi connectivity index (χ0v) is 7.17. The first-order chi connectivity index (χ1) is 6.09. The van der Waals surface area contributed by atoms with Gasteiger partial charge in [-0.25, -0.2) is 4.98 Å². The summed E-state index contributed by atoms with van der Waals surface area (Å²) in [5.41, 5.74) is 5.06. The van der Waals surface area contributed by atoms with Gasteiger partial charge in [0.2, 0.25) is 0 Å². The summed E-state index contributed by atoms with van der Waals surface area (Å²) in [6.45, 7) is 0. The van der Waals surface area contributed by atoms with Gasteiger partial charge in [0.05, 0.1) is 0 Å². The van der Waals surface area contributed by atoms with E-state index in [2.05, 4.69) is 16.8 Å². The summed E-state index contributed by atoms with van der Waals surface area (Å²) in [4.78, 5) is 13.9. The van der Waals surface area contributed by atoms with Crippen LogP contribution in [-0.4, -0.2) is 16.0 Å². The van der Waals surface area contributed by atoms with Crippen molar-refractivity contribution in [1.29, 1.82) is 0 Å². The monoisotopic (exact) mass is 196 g/mol. The molecule has 4 nitrogen and oxygen atoms in total. The molecule has 66 valence electrons. The largest absolute Gasteiger partial charge is 0.505 e. The van der Waals surface area contributed by atoms with Gasteiger partial charge in [0.1, 0.15) is 5.69 Å². The van der Waals surface area contributed by atoms with Crippen molar-refractivity contribution in [2.45, 2.75) is 0 Å². The number of carbonyl (C=O) groups is 1. The molecule has 0 bridgehead atoms. The number of rotatable bonds is 0. The molecule has 0 aliphatic carbocycles. The first-order valence-corrected chi connectivity index (χ1v) is 3.64. The van der Waals surface area contributed by atoms with Crippen molar-refractivity contribution in [3.8, 4) is 17.6 Å². The number of pyridine rings is 1. The molecule has 13 heavy (non-hydrogen) atoms. The second-order valence-corrected chi connectivity index (χ2v) is 2.48. The maximum absolute atomic E-state index is 10.3. The molecule has 1 heterocycles. The van der Waals surface area contributed by atoms with Gasteiger partial charge in [-0.3, -0.25) is 4.79 Å². The van der Waals surface area contributed by atoms with Crippen molar-refractivity contribution < 1.29 is 9.90 Å². The van der Waals surface area contributed by atoms with Gasteiger partial charge in [-0.05, 0) is 18.1 Å². The van der Waals surface area contributed by atoms with E-state index in [1.54, 1.807) is 0 Å². The van der Waals surface area contributed by atoms with Crippen LogP contribution in [0.15, 0.2) is 12.1 Å². The van der Waals surface area contributed by atoms with E-state index in [1.807, 2.05) is 0 Å². The molecule has 0 radical (unpaired) electrons. The van der Waals surface area contributed by atoms with Crippen LogP contribution in [0.3, 0.4) is 0 Å². The molecule has 0 aromatic carbocycles. The summed E-state index contributed by atoms with van der Waals surface area (Å²) in [7, 11) is 0. The standard InChI is InChI=1S/C8H5ClN2O2/c9-8-6(12)3-1-5(11-8)2-4-7(10)13/h1,3,12H,(H2,10,13). The Balaban J connectivity index is 3.00. The second-order valence-electron chi connectivity index (χ2n) is 2.12. The molecule has 1 rings (SSSR count). The van der Waals surface area contributed by atoms with E-state index in [9.17, 15) is 4.79 Å². The number of carbonyl (C=O) groups excluding carboxylic acids is 1. The number of halogens is 1. The van der Waals surface area contributed by atoms with Crippen molar-refractivity contribution >= 4 is 17.5 Å². The predicted octanol–water partition coefficient (Wildman–Crippen LogP) is 0.277. The molecule has 1 aromatic rings. The van der Waals surface area contributed by atoms with Crippen molar-refractivity contribution in [2.75, 3.05) is 0 Å². The fourth-order valence-electron chi connectivity index (χ4n) is 0.622. The second kappa shape index (κ2) is 3.78. The Hall–Kier alpha value is -1.73. The molecule has 1 amide bonds. The molecule has 0 aliphatic rings. The van der Waals surface area contributed by atoms with Crippen LogP contribution in [0, 0.1) is 11.8 Å². The molecule has 0 aliphatic heterocycles. The van der Waals surface area contributed by atoms with Gasteiger partial charge < -0.3 is 10.8 Å². The minimum Gasteiger partial charge on any atom is -0.505 e. The molecule has 0 saturated heterocycles. The minimum absolute atomic E-state index is 0.0590. The van der Waals surface area contributed by atoms with Crippen LogP contribution in [0.25, 0.3) is 0 Å². The van der Waals surface area contributed by atoms with E-state index in [4.69, 9.17) is 22.4 Å². The molecule has 0 unspecified atom stereocenters. The number of nitrogens with zero attached hydrogens (tertiary/aromatic N) is 1. The summed E-state index contributed by atoms with van der Waals surface area (Å²) < 4.78 is 0. The van der Waals surface area contributed by atoms with E-state index in [1.165, 1.54) is 12.1 Å². The van der Waals surface area contributed by atoms with Crippen LogP contribution < -0.4 is 5.73 Å². The third-order valence-electron chi connectivity index (χ3n) is 1.14. The van der Waals surface area contributed by atoms with Crippen molar-refractivity contribution in [2.24, 2.45) is 5.73 Å². The lowest BCUT2D eigenvalue weighted by molar-refractivity contribution is -0.112. The third kappa shape index (κ3) is 2.65. The number of hydrogen-bond acceptors (Lipinski definition) is 3. The highest BCUT2D eigenvalue weighted by atomic mass is 35.5. The van der Waals surface area contributed by atoms with Gasteiger partial charge in [0.25, 0.3) is 5.91 Å². The Kier molecular flexibility index (Phi) is 2.72. The summed E-state index contributed by atoms with van der Waals surface area (Å²) in [6.07, 6.45) is 0. The zero-order valence-electron chi connectivity index (χ0n) is 6.41. The quantitative estimate of drug-likeness (QED) is 0.462. The lowest BCUT2D eigenvalue weighted by Crippen LogP contribution is -2.06. The number of nitrogens with two attached hydrogens (primary N) is 1. The summed E-state index contributed by atoms with van der Waals surface area (Å²) in [5.74, 6) is 3.60. The Morgan fingerprint density at radius 2 is 2.31 bits per heavy atom. The Morgan fingerprint density at radius 1 is 1.62 bits per heavy atom. The van der Waals surface area contributed by atoms with Gasteiger partial charge >= 0.3 is 0 Å². The fraction of sp³-hybridized carbons (Fsp3) is 0. The van der Waals surface area contributed by atoms with Gasteiger partial charge in [0, 0.05) is 5.92 Å². The highest BCUT2D eigenvalue weighted by Crippen LogP contribution is 2.19. The maximum atomic E-state index is 10.3. The van der Waals surface area contributed by atoms with Crippen LogP contribution >= 0.6 is 11.6 Å². The molecule has 1 aromatic heterocycles. The average molecular weight is 197 g/mol. The van der Waals surface area contributed by atoms with E-state index < -0.39 is 5.91 Å². The fourth-order valence-corrected chi connectivity index (χ4v) is 0.776. The first-order valence-electron chi connectivity index (χ1n) is 3.26. The summed E-state index contributed by atoms with van der Waals surface area (Å²) in [5, 5.41) is 8.93. The highest BCUT2D eigenvalue weighted by molar-refractivity contribution is 6.30. The van der Waals surface area contributed by atoms with Crippen molar-refractivity contribution in [1.82, 2.24) is 4.98 Å². The predicted molar refractivity (Wildman–Crippen MR) is 47.0 cm³/mol. The SMILES string of the molecule is NC(=O)C#Cc1ccc(O)c(Cl)n1. The maximum Gasteiger partial charge on any atom is 0.293 e. The third-order valence-corrected chi connectivity index (χ3v) is 1.42. The normalized spacial score (nSPS) is 8.69. The molecule has 5 heteroatoms. The number of aromatic nitrogens is 1. The number of amides is 1. The Bertz CT molecular complexity index is 406. The van der Waals surface area contributed by atoms with E-state index in [0.29, 0.717) is 0 Å². The Morgan fingerprint density at radius 3 is 2.85 bits per heavy atom. The van der Waals surface area contributed by atoms with Gasteiger partial charge in [-0.1, -0.05) is 11.6 Å². The van der Waals surface area contributed by atoms with E-state index in [0.717, 1.165) is 0 Å². The number of primary amides is 1.